The maximum Gasteiger partial charge on any atom is 0.247 e. The number of sulfonamides is 1. The molecule has 1 aliphatic heterocycles. The third kappa shape index (κ3) is 2.63. The Hall–Kier alpha value is -0.890. The number of hydrogen-bond acceptors (Lipinski definition) is 5. The van der Waals surface area contributed by atoms with Gasteiger partial charge in [-0.3, -0.25) is 4.90 Å². The molecule has 6 nitrogen and oxygen atoms in total. The van der Waals surface area contributed by atoms with Gasteiger partial charge in [0.05, 0.1) is 6.61 Å². The van der Waals surface area contributed by atoms with Crippen LogP contribution in [0.15, 0.2) is 9.31 Å². The average Bonchev–Trinajstić information content (AvgIpc) is 3.24. The lowest BCUT2D eigenvalue weighted by atomic mass is 10.2. The Kier molecular flexibility index (Phi) is 3.85. The molecule has 1 saturated heterocycles. The van der Waals surface area contributed by atoms with Crippen molar-refractivity contribution in [1.29, 1.82) is 0 Å². The third-order valence-corrected chi connectivity index (χ3v) is 6.51. The van der Waals surface area contributed by atoms with Crippen molar-refractivity contribution in [2.75, 3.05) is 26.2 Å². The molecular weight excluding hydrogens is 292 g/mol. The summed E-state index contributed by atoms with van der Waals surface area (Å²) in [4.78, 5) is 2.52. The van der Waals surface area contributed by atoms with Crippen LogP contribution >= 0.6 is 0 Å². The van der Waals surface area contributed by atoms with E-state index in [2.05, 4.69) is 4.90 Å². The fourth-order valence-electron chi connectivity index (χ4n) is 3.11. The van der Waals surface area contributed by atoms with Gasteiger partial charge < -0.3 is 9.52 Å². The number of aliphatic hydroxyl groups excluding tert-OH is 1. The first kappa shape index (κ1) is 15.0. The van der Waals surface area contributed by atoms with E-state index in [1.807, 2.05) is 0 Å². The van der Waals surface area contributed by atoms with E-state index < -0.39 is 10.0 Å². The lowest BCUT2D eigenvalue weighted by Gasteiger charge is -2.34. The normalized spacial score (nSPS) is 21.9. The summed E-state index contributed by atoms with van der Waals surface area (Å²) in [5.41, 5.74) is 0.386. The second kappa shape index (κ2) is 5.39. The Labute approximate surface area is 125 Å². The van der Waals surface area contributed by atoms with E-state index in [0.29, 0.717) is 36.2 Å². The molecule has 1 aromatic heterocycles. The molecule has 21 heavy (non-hydrogen) atoms. The number of aryl methyl sites for hydroxylation is 2. The highest BCUT2D eigenvalue weighted by molar-refractivity contribution is 7.89. The predicted molar refractivity (Wildman–Crippen MR) is 77.5 cm³/mol. The molecule has 0 spiro atoms. The topological polar surface area (TPSA) is 74.0 Å². The van der Waals surface area contributed by atoms with Gasteiger partial charge in [-0.25, -0.2) is 8.42 Å². The van der Waals surface area contributed by atoms with Gasteiger partial charge in [-0.05, 0) is 26.7 Å². The molecule has 118 valence electrons. The van der Waals surface area contributed by atoms with Gasteiger partial charge in [0.25, 0.3) is 0 Å². The van der Waals surface area contributed by atoms with Gasteiger partial charge in [0.2, 0.25) is 10.0 Å². The molecular formula is C14H22N2O4S. The molecule has 0 bridgehead atoms. The maximum atomic E-state index is 12.8. The van der Waals surface area contributed by atoms with E-state index >= 15 is 0 Å². The van der Waals surface area contributed by atoms with Crippen LogP contribution in [0.1, 0.15) is 29.9 Å². The summed E-state index contributed by atoms with van der Waals surface area (Å²) < 4.78 is 32.6. The third-order valence-electron chi connectivity index (χ3n) is 4.42. The summed E-state index contributed by atoms with van der Waals surface area (Å²) in [6.45, 7) is 5.59. The van der Waals surface area contributed by atoms with Crippen molar-refractivity contribution < 1.29 is 17.9 Å². The van der Waals surface area contributed by atoms with Crippen LogP contribution < -0.4 is 0 Å². The Balaban J connectivity index is 1.84. The molecule has 0 unspecified atom stereocenters. The number of furan rings is 1. The van der Waals surface area contributed by atoms with Gasteiger partial charge >= 0.3 is 0 Å². The molecule has 0 amide bonds. The van der Waals surface area contributed by atoms with Crippen molar-refractivity contribution in [3.63, 3.8) is 0 Å². The predicted octanol–water partition coefficient (Wildman–Crippen LogP) is 0.857. The summed E-state index contributed by atoms with van der Waals surface area (Å²) >= 11 is 0. The highest BCUT2D eigenvalue weighted by Gasteiger charge is 2.37. The van der Waals surface area contributed by atoms with Gasteiger partial charge in [0.15, 0.2) is 0 Å². The Morgan fingerprint density at radius 3 is 2.29 bits per heavy atom. The molecule has 0 aromatic carbocycles. The van der Waals surface area contributed by atoms with Gasteiger partial charge in [-0.15, -0.1) is 0 Å². The molecule has 7 heteroatoms. The zero-order valence-electron chi connectivity index (χ0n) is 12.5. The Morgan fingerprint density at radius 2 is 1.76 bits per heavy atom. The van der Waals surface area contributed by atoms with E-state index in [-0.39, 0.29) is 11.5 Å². The number of piperazine rings is 1. The van der Waals surface area contributed by atoms with Gasteiger partial charge in [-0.1, -0.05) is 0 Å². The minimum absolute atomic E-state index is 0.155. The van der Waals surface area contributed by atoms with Crippen molar-refractivity contribution >= 4 is 10.0 Å². The Bertz CT molecular complexity index is 626. The summed E-state index contributed by atoms with van der Waals surface area (Å²) in [6, 6.07) is 0.667. The van der Waals surface area contributed by atoms with Crippen molar-refractivity contribution in [1.82, 2.24) is 9.21 Å². The van der Waals surface area contributed by atoms with Gasteiger partial charge in [-0.2, -0.15) is 4.31 Å². The summed E-state index contributed by atoms with van der Waals surface area (Å²) in [5, 5.41) is 9.45. The minimum Gasteiger partial charge on any atom is -0.465 e. The first-order chi connectivity index (χ1) is 9.95. The van der Waals surface area contributed by atoms with Crippen LogP contribution in [-0.2, 0) is 16.6 Å². The second-order valence-corrected chi connectivity index (χ2v) is 7.73. The molecule has 1 aromatic rings. The zero-order valence-corrected chi connectivity index (χ0v) is 13.3. The van der Waals surface area contributed by atoms with Crippen molar-refractivity contribution in [3.8, 4) is 0 Å². The summed E-state index contributed by atoms with van der Waals surface area (Å²) in [7, 11) is -3.59. The van der Waals surface area contributed by atoms with E-state index in [0.717, 1.165) is 13.1 Å². The van der Waals surface area contributed by atoms with Gasteiger partial charge in [0, 0.05) is 37.8 Å². The average molecular weight is 314 g/mol. The second-order valence-electron chi connectivity index (χ2n) is 5.85. The molecule has 1 N–H and O–H groups in total. The number of nitrogens with zero attached hydrogens (tertiary/aromatic N) is 2. The highest BCUT2D eigenvalue weighted by Crippen LogP contribution is 2.32. The molecule has 2 fully saturated rings. The van der Waals surface area contributed by atoms with Gasteiger partial charge in [0.1, 0.15) is 16.4 Å². The maximum absolute atomic E-state index is 12.8. The lowest BCUT2D eigenvalue weighted by molar-refractivity contribution is 0.180. The smallest absolute Gasteiger partial charge is 0.247 e. The van der Waals surface area contributed by atoms with Crippen LogP contribution in [0.4, 0.5) is 0 Å². The van der Waals surface area contributed by atoms with Crippen LogP contribution in [0, 0.1) is 13.8 Å². The minimum atomic E-state index is -3.59. The number of hydrogen-bond donors (Lipinski definition) is 1. The van der Waals surface area contributed by atoms with E-state index in [1.54, 1.807) is 13.8 Å². The van der Waals surface area contributed by atoms with Crippen LogP contribution in [0.3, 0.4) is 0 Å². The molecule has 2 aliphatic rings. The van der Waals surface area contributed by atoms with E-state index in [9.17, 15) is 13.5 Å². The monoisotopic (exact) mass is 314 g/mol. The fourth-order valence-corrected chi connectivity index (χ4v) is 4.94. The standard InChI is InChI=1S/C14H22N2O4S/c1-10-13(9-17)14(11(2)20-10)21(18,19)16-7-5-15(6-8-16)12-3-4-12/h12,17H,3-9H2,1-2H3. The van der Waals surface area contributed by atoms with Crippen LogP contribution in [0.2, 0.25) is 0 Å². The zero-order chi connectivity index (χ0) is 15.2. The summed E-state index contributed by atoms with van der Waals surface area (Å²) in [5.74, 6) is 0.839. The van der Waals surface area contributed by atoms with Crippen molar-refractivity contribution in [2.24, 2.45) is 0 Å². The molecule has 0 radical (unpaired) electrons. The summed E-state index contributed by atoms with van der Waals surface area (Å²) in [6.07, 6.45) is 2.48. The van der Waals surface area contributed by atoms with Crippen LogP contribution in [0.25, 0.3) is 0 Å². The first-order valence-corrected chi connectivity index (χ1v) is 8.83. The van der Waals surface area contributed by atoms with Crippen LogP contribution in [-0.4, -0.2) is 55.0 Å². The highest BCUT2D eigenvalue weighted by atomic mass is 32.2. The fraction of sp³-hybridized carbons (Fsp3) is 0.714. The lowest BCUT2D eigenvalue weighted by Crippen LogP contribution is -2.49. The first-order valence-electron chi connectivity index (χ1n) is 7.39. The molecule has 1 saturated carbocycles. The van der Waals surface area contributed by atoms with E-state index in [4.69, 9.17) is 4.42 Å². The quantitative estimate of drug-likeness (QED) is 0.892. The number of aliphatic hydroxyl groups is 1. The largest absolute Gasteiger partial charge is 0.465 e. The van der Waals surface area contributed by atoms with E-state index in [1.165, 1.54) is 17.1 Å². The molecule has 3 rings (SSSR count). The SMILES string of the molecule is Cc1oc(C)c(S(=O)(=O)N2CCN(C3CC3)CC2)c1CO. The molecule has 2 heterocycles. The Morgan fingerprint density at radius 1 is 1.14 bits per heavy atom. The number of rotatable bonds is 4. The molecule has 1 aliphatic carbocycles. The van der Waals surface area contributed by atoms with Crippen molar-refractivity contribution in [2.45, 2.75) is 44.2 Å². The molecule has 0 atom stereocenters. The van der Waals surface area contributed by atoms with Crippen LogP contribution in [0.5, 0.6) is 0 Å². The van der Waals surface area contributed by atoms with Crippen molar-refractivity contribution in [3.05, 3.63) is 17.1 Å².